The normalized spacial score (nSPS) is 22.9. The second-order valence-electron chi connectivity index (χ2n) is 8.18. The molecule has 0 bridgehead atoms. The van der Waals surface area contributed by atoms with Gasteiger partial charge in [-0.1, -0.05) is 0 Å². The second kappa shape index (κ2) is 9.17. The van der Waals surface area contributed by atoms with Gasteiger partial charge < -0.3 is 14.8 Å². The van der Waals surface area contributed by atoms with E-state index >= 15 is 0 Å². The minimum Gasteiger partial charge on any atom is -0.490 e. The summed E-state index contributed by atoms with van der Waals surface area (Å²) in [6.45, 7) is -0.328. The summed E-state index contributed by atoms with van der Waals surface area (Å²) in [6.07, 6.45) is -5.47. The molecule has 0 unspecified atom stereocenters. The lowest BCUT2D eigenvalue weighted by Crippen LogP contribution is -2.53. The number of nitrogens with one attached hydrogen (secondary N) is 2. The Morgan fingerprint density at radius 2 is 1.62 bits per heavy atom. The highest BCUT2D eigenvalue weighted by Crippen LogP contribution is 2.36. The number of carbonyl (C=O) groups is 2. The highest BCUT2D eigenvalue weighted by Gasteiger charge is 2.58. The van der Waals surface area contributed by atoms with Crippen LogP contribution in [0.15, 0.2) is 24.3 Å². The molecule has 9 nitrogen and oxygen atoms in total. The number of imide groups is 1. The van der Waals surface area contributed by atoms with Gasteiger partial charge in [0.2, 0.25) is 10.0 Å². The van der Waals surface area contributed by atoms with Crippen molar-refractivity contribution in [1.82, 2.24) is 14.9 Å². The summed E-state index contributed by atoms with van der Waals surface area (Å²) in [5.41, 5.74) is -1.57. The molecule has 2 aliphatic rings. The van der Waals surface area contributed by atoms with Crippen LogP contribution in [-0.4, -0.2) is 73.9 Å². The van der Waals surface area contributed by atoms with Gasteiger partial charge in [0, 0.05) is 13.1 Å². The molecular formula is C19H22F5N3O6S. The lowest BCUT2D eigenvalue weighted by molar-refractivity contribution is -0.290. The summed E-state index contributed by atoms with van der Waals surface area (Å²) < 4.78 is 99.3. The lowest BCUT2D eigenvalue weighted by Gasteiger charge is -2.33. The van der Waals surface area contributed by atoms with Crippen molar-refractivity contribution in [3.63, 3.8) is 0 Å². The van der Waals surface area contributed by atoms with Crippen LogP contribution in [0.3, 0.4) is 0 Å². The molecular weight excluding hydrogens is 493 g/mol. The Labute approximate surface area is 191 Å². The summed E-state index contributed by atoms with van der Waals surface area (Å²) in [7, 11) is -3.87. The first-order valence-corrected chi connectivity index (χ1v) is 11.7. The summed E-state index contributed by atoms with van der Waals surface area (Å²) in [4.78, 5) is 23.2. The van der Waals surface area contributed by atoms with Crippen LogP contribution in [0.1, 0.15) is 19.8 Å². The highest BCUT2D eigenvalue weighted by molar-refractivity contribution is 7.89. The predicted octanol–water partition coefficient (Wildman–Crippen LogP) is 2.03. The number of nitrogens with zero attached hydrogens (tertiary/aromatic N) is 1. The SMILES string of the molecule is C[C@]1(CS(=O)(=O)N2CCC(Oc3ccc(OCC(F)(F)C(F)(F)F)cc3)CC2)NC(=O)NC1=O. The van der Waals surface area contributed by atoms with Crippen molar-refractivity contribution in [3.05, 3.63) is 24.3 Å². The van der Waals surface area contributed by atoms with Gasteiger partial charge in [-0.15, -0.1) is 0 Å². The number of halogens is 5. The molecule has 1 atom stereocenters. The monoisotopic (exact) mass is 515 g/mol. The van der Waals surface area contributed by atoms with Crippen molar-refractivity contribution in [3.8, 4) is 11.5 Å². The van der Waals surface area contributed by atoms with E-state index in [-0.39, 0.29) is 24.9 Å². The van der Waals surface area contributed by atoms with Crippen molar-refractivity contribution >= 4 is 22.0 Å². The molecule has 1 aromatic rings. The van der Waals surface area contributed by atoms with Crippen molar-refractivity contribution in [1.29, 1.82) is 0 Å². The summed E-state index contributed by atoms with van der Waals surface area (Å²) in [5.74, 6) is -6.21. The van der Waals surface area contributed by atoms with E-state index in [1.54, 1.807) is 0 Å². The number of benzene rings is 1. The lowest BCUT2D eigenvalue weighted by atomic mass is 10.1. The van der Waals surface area contributed by atoms with Gasteiger partial charge >= 0.3 is 18.1 Å². The minimum atomic E-state index is -5.71. The Bertz CT molecular complexity index is 1030. The summed E-state index contributed by atoms with van der Waals surface area (Å²) in [5, 5.41) is 4.31. The molecule has 34 heavy (non-hydrogen) atoms. The number of alkyl halides is 5. The molecule has 0 aliphatic carbocycles. The number of carbonyl (C=O) groups excluding carboxylic acids is 2. The number of urea groups is 1. The largest absolute Gasteiger partial charge is 0.490 e. The van der Waals surface area contributed by atoms with Crippen LogP contribution < -0.4 is 20.1 Å². The topological polar surface area (TPSA) is 114 Å². The third-order valence-electron chi connectivity index (χ3n) is 5.34. The fourth-order valence-corrected chi connectivity index (χ4v) is 5.31. The molecule has 0 saturated carbocycles. The molecule has 190 valence electrons. The minimum absolute atomic E-state index is 0.104. The molecule has 2 fully saturated rings. The van der Waals surface area contributed by atoms with Gasteiger partial charge in [0.25, 0.3) is 5.91 Å². The van der Waals surface area contributed by atoms with E-state index in [1.807, 2.05) is 5.32 Å². The van der Waals surface area contributed by atoms with Crippen LogP contribution in [0.2, 0.25) is 0 Å². The molecule has 3 amide bonds. The molecule has 15 heteroatoms. The van der Waals surface area contributed by atoms with Crippen LogP contribution in [0.25, 0.3) is 0 Å². The summed E-state index contributed by atoms with van der Waals surface area (Å²) in [6, 6.07) is 4.28. The van der Waals surface area contributed by atoms with E-state index in [4.69, 9.17) is 4.74 Å². The Morgan fingerprint density at radius 3 is 2.12 bits per heavy atom. The van der Waals surface area contributed by atoms with E-state index in [2.05, 4.69) is 10.1 Å². The van der Waals surface area contributed by atoms with E-state index in [0.29, 0.717) is 18.6 Å². The van der Waals surface area contributed by atoms with Crippen LogP contribution in [-0.2, 0) is 14.8 Å². The number of amides is 3. The quantitative estimate of drug-likeness (QED) is 0.405. The number of sulfonamides is 1. The molecule has 0 aromatic heterocycles. The first-order valence-electron chi connectivity index (χ1n) is 10.1. The standard InChI is InChI=1S/C19H22F5N3O6S/c1-17(15(28)25-16(29)26-17)11-34(30,31)27-8-6-14(7-9-27)33-13-4-2-12(3-5-13)32-10-18(20,21)19(22,23)24/h2-5,14H,6-11H2,1H3,(H2,25,26,28,29)/t17-/m1/s1. The smallest absolute Gasteiger partial charge is 0.456 e. The molecule has 0 spiro atoms. The van der Waals surface area contributed by atoms with Crippen molar-refractivity contribution in [2.75, 3.05) is 25.4 Å². The zero-order chi connectivity index (χ0) is 25.4. The molecule has 1 aromatic carbocycles. The first kappa shape index (κ1) is 25.9. The molecule has 2 N–H and O–H groups in total. The zero-order valence-corrected chi connectivity index (χ0v) is 18.6. The average Bonchev–Trinajstić information content (AvgIpc) is 2.97. The number of rotatable bonds is 8. The van der Waals surface area contributed by atoms with Gasteiger partial charge in [0.05, 0.1) is 5.75 Å². The maximum atomic E-state index is 12.9. The second-order valence-corrected chi connectivity index (χ2v) is 10.1. The fraction of sp³-hybridized carbons (Fsp3) is 0.579. The van der Waals surface area contributed by atoms with Gasteiger partial charge in [-0.3, -0.25) is 10.1 Å². The van der Waals surface area contributed by atoms with Crippen LogP contribution >= 0.6 is 0 Å². The van der Waals surface area contributed by atoms with Gasteiger partial charge in [0.1, 0.15) is 23.1 Å². The Balaban J connectivity index is 1.49. The number of ether oxygens (including phenoxy) is 2. The van der Waals surface area contributed by atoms with Gasteiger partial charge in [0.15, 0.2) is 6.61 Å². The summed E-state index contributed by atoms with van der Waals surface area (Å²) >= 11 is 0. The Kier molecular flexibility index (Phi) is 6.99. The Hall–Kier alpha value is -2.68. The maximum absolute atomic E-state index is 12.9. The number of hydrogen-bond acceptors (Lipinski definition) is 6. The fourth-order valence-electron chi connectivity index (χ4n) is 3.43. The van der Waals surface area contributed by atoms with Gasteiger partial charge in [-0.25, -0.2) is 17.5 Å². The van der Waals surface area contributed by atoms with E-state index < -0.39 is 52.0 Å². The van der Waals surface area contributed by atoms with Crippen molar-refractivity contribution in [2.45, 2.75) is 43.5 Å². The van der Waals surface area contributed by atoms with E-state index in [0.717, 1.165) is 0 Å². The van der Waals surface area contributed by atoms with Crippen molar-refractivity contribution in [2.24, 2.45) is 0 Å². The molecule has 2 aliphatic heterocycles. The van der Waals surface area contributed by atoms with Crippen LogP contribution in [0, 0.1) is 0 Å². The van der Waals surface area contributed by atoms with Crippen molar-refractivity contribution < 1.29 is 49.4 Å². The average molecular weight is 515 g/mol. The van der Waals surface area contributed by atoms with E-state index in [1.165, 1.54) is 35.5 Å². The molecule has 0 radical (unpaired) electrons. The third kappa shape index (κ3) is 5.87. The Morgan fingerprint density at radius 1 is 1.06 bits per heavy atom. The first-order chi connectivity index (χ1) is 15.6. The van der Waals surface area contributed by atoms with Crippen LogP contribution in [0.4, 0.5) is 26.7 Å². The molecule has 2 saturated heterocycles. The molecule has 3 rings (SSSR count). The van der Waals surface area contributed by atoms with Gasteiger partial charge in [-0.2, -0.15) is 22.0 Å². The predicted molar refractivity (Wildman–Crippen MR) is 107 cm³/mol. The number of hydrogen-bond donors (Lipinski definition) is 2. The highest BCUT2D eigenvalue weighted by atomic mass is 32.2. The molecule has 2 heterocycles. The maximum Gasteiger partial charge on any atom is 0.456 e. The third-order valence-corrected chi connectivity index (χ3v) is 7.44. The number of piperidine rings is 1. The van der Waals surface area contributed by atoms with Gasteiger partial charge in [-0.05, 0) is 44.0 Å². The van der Waals surface area contributed by atoms with Crippen LogP contribution in [0.5, 0.6) is 11.5 Å². The van der Waals surface area contributed by atoms with E-state index in [9.17, 15) is 40.0 Å². The zero-order valence-electron chi connectivity index (χ0n) is 17.8.